The first-order valence-corrected chi connectivity index (χ1v) is 8.35. The van der Waals surface area contributed by atoms with Gasteiger partial charge in [0.05, 0.1) is 30.2 Å². The van der Waals surface area contributed by atoms with Gasteiger partial charge in [-0.1, -0.05) is 6.07 Å². The van der Waals surface area contributed by atoms with Gasteiger partial charge in [0.1, 0.15) is 0 Å². The fraction of sp³-hybridized carbons (Fsp3) is 0.357. The van der Waals surface area contributed by atoms with Crippen LogP contribution in [0.2, 0.25) is 0 Å². The van der Waals surface area contributed by atoms with E-state index >= 15 is 0 Å². The molecule has 0 bridgehead atoms. The maximum Gasteiger partial charge on any atom is 0.362 e. The van der Waals surface area contributed by atoms with Gasteiger partial charge in [0, 0.05) is 21.6 Å². The summed E-state index contributed by atoms with van der Waals surface area (Å²) in [6, 6.07) is 3.69. The van der Waals surface area contributed by atoms with E-state index in [2.05, 4.69) is 62.3 Å². The van der Waals surface area contributed by atoms with Crippen LogP contribution in [-0.2, 0) is 11.2 Å². The molecule has 0 fully saturated rings. The van der Waals surface area contributed by atoms with Crippen LogP contribution >= 0.6 is 45.2 Å². The molecule has 1 aromatic carbocycles. The molecule has 1 unspecified atom stereocenters. The maximum atomic E-state index is 11.5. The van der Waals surface area contributed by atoms with Crippen LogP contribution in [0.3, 0.4) is 0 Å². The zero-order valence-electron chi connectivity index (χ0n) is 11.6. The molecule has 2 rings (SSSR count). The van der Waals surface area contributed by atoms with Crippen LogP contribution in [0.5, 0.6) is 0 Å². The van der Waals surface area contributed by atoms with E-state index < -0.39 is 12.0 Å². The smallest absolute Gasteiger partial charge is 0.362 e. The summed E-state index contributed by atoms with van der Waals surface area (Å²) in [4.78, 5) is 14.8. The average molecular weight is 499 g/mol. The van der Waals surface area contributed by atoms with Crippen molar-refractivity contribution in [1.82, 2.24) is 4.98 Å². The lowest BCUT2D eigenvalue weighted by atomic mass is 10.0. The molecule has 6 heteroatoms. The number of carboxylic acid groups (broad SMARTS) is 1. The molecule has 20 heavy (non-hydrogen) atoms. The van der Waals surface area contributed by atoms with Gasteiger partial charge in [-0.3, -0.25) is 0 Å². The zero-order valence-corrected chi connectivity index (χ0v) is 15.9. The van der Waals surface area contributed by atoms with Crippen molar-refractivity contribution in [2.24, 2.45) is 0 Å². The van der Waals surface area contributed by atoms with Crippen molar-refractivity contribution in [3.63, 3.8) is 0 Å². The largest absolute Gasteiger partial charge is 0.477 e. The number of quaternary nitrogens is 1. The minimum atomic E-state index is -0.757. The van der Waals surface area contributed by atoms with Gasteiger partial charge in [0.2, 0.25) is 0 Å². The lowest BCUT2D eigenvalue weighted by Gasteiger charge is -2.31. The molecular formula is C14H17I2N2O2+. The molecule has 4 nitrogen and oxygen atoms in total. The van der Waals surface area contributed by atoms with E-state index in [1.165, 1.54) is 7.14 Å². The van der Waals surface area contributed by atoms with Crippen molar-refractivity contribution >= 4 is 62.1 Å². The van der Waals surface area contributed by atoms with Crippen LogP contribution in [0.1, 0.15) is 5.56 Å². The van der Waals surface area contributed by atoms with Crippen LogP contribution in [-0.4, -0.2) is 47.7 Å². The van der Waals surface area contributed by atoms with Crippen molar-refractivity contribution in [1.29, 1.82) is 0 Å². The number of aromatic amines is 1. The van der Waals surface area contributed by atoms with Crippen molar-refractivity contribution in [2.75, 3.05) is 21.1 Å². The van der Waals surface area contributed by atoms with Crippen LogP contribution in [0, 0.1) is 7.14 Å². The van der Waals surface area contributed by atoms with E-state index in [0.29, 0.717) is 10.9 Å². The van der Waals surface area contributed by atoms with Crippen LogP contribution in [0.25, 0.3) is 10.9 Å². The van der Waals surface area contributed by atoms with Crippen molar-refractivity contribution < 1.29 is 14.4 Å². The molecule has 0 aliphatic heterocycles. The van der Waals surface area contributed by atoms with E-state index in [0.717, 1.165) is 16.5 Å². The highest BCUT2D eigenvalue weighted by Crippen LogP contribution is 2.28. The monoisotopic (exact) mass is 499 g/mol. The summed E-state index contributed by atoms with van der Waals surface area (Å²) in [5.74, 6) is -0.757. The Balaban J connectivity index is 2.44. The van der Waals surface area contributed by atoms with Gasteiger partial charge in [-0.25, -0.2) is 4.79 Å². The number of aliphatic carboxylic acids is 1. The van der Waals surface area contributed by atoms with Crippen molar-refractivity contribution in [2.45, 2.75) is 12.5 Å². The second-order valence-corrected chi connectivity index (χ2v) is 8.01. The highest BCUT2D eigenvalue weighted by Gasteiger charge is 2.32. The number of rotatable bonds is 4. The van der Waals surface area contributed by atoms with Gasteiger partial charge in [-0.15, -0.1) is 0 Å². The number of H-pyrrole nitrogens is 1. The quantitative estimate of drug-likeness (QED) is 0.503. The predicted octanol–water partition coefficient (Wildman–Crippen LogP) is 3.08. The summed E-state index contributed by atoms with van der Waals surface area (Å²) < 4.78 is 2.79. The molecule has 0 aliphatic carbocycles. The zero-order chi connectivity index (χ0) is 15.1. The summed E-state index contributed by atoms with van der Waals surface area (Å²) >= 11 is 4.63. The van der Waals surface area contributed by atoms with Crippen LogP contribution < -0.4 is 0 Å². The molecule has 0 saturated heterocycles. The Bertz CT molecular complexity index is 659. The third kappa shape index (κ3) is 3.11. The number of hydrogen-bond acceptors (Lipinski definition) is 1. The highest BCUT2D eigenvalue weighted by molar-refractivity contribution is 14.1. The SMILES string of the molecule is C[N+](C)(C)C(Cc1c[nH]c2c(I)c(I)ccc12)C(=O)O. The number of nitrogens with zero attached hydrogens (tertiary/aromatic N) is 1. The Morgan fingerprint density at radius 2 is 2.00 bits per heavy atom. The fourth-order valence-corrected chi connectivity index (χ4v) is 3.34. The first kappa shape index (κ1) is 16.0. The van der Waals surface area contributed by atoms with E-state index in [9.17, 15) is 9.90 Å². The normalized spacial score (nSPS) is 13.7. The summed E-state index contributed by atoms with van der Waals surface area (Å²) in [6.45, 7) is 0. The number of carboxylic acids is 1. The minimum Gasteiger partial charge on any atom is -0.477 e. The van der Waals surface area contributed by atoms with E-state index in [-0.39, 0.29) is 0 Å². The Hall–Kier alpha value is -0.350. The van der Waals surface area contributed by atoms with Crippen LogP contribution in [0.4, 0.5) is 0 Å². The molecule has 1 aromatic heterocycles. The van der Waals surface area contributed by atoms with Crippen LogP contribution in [0.15, 0.2) is 18.3 Å². The molecule has 0 aliphatic rings. The third-order valence-electron chi connectivity index (χ3n) is 3.46. The molecule has 0 saturated carbocycles. The molecule has 0 amide bonds. The molecule has 108 valence electrons. The van der Waals surface area contributed by atoms with E-state index in [1.807, 2.05) is 27.3 Å². The number of aromatic nitrogens is 1. The van der Waals surface area contributed by atoms with Gasteiger partial charge in [-0.05, 0) is 56.8 Å². The second kappa shape index (κ2) is 5.80. The third-order valence-corrected chi connectivity index (χ3v) is 6.52. The number of nitrogens with one attached hydrogen (secondary N) is 1. The van der Waals surface area contributed by atoms with E-state index in [4.69, 9.17) is 0 Å². The molecule has 2 N–H and O–H groups in total. The lowest BCUT2D eigenvalue weighted by Crippen LogP contribution is -2.51. The van der Waals surface area contributed by atoms with Gasteiger partial charge >= 0.3 is 5.97 Å². The number of halogens is 2. The molecular weight excluding hydrogens is 482 g/mol. The van der Waals surface area contributed by atoms with Gasteiger partial charge < -0.3 is 14.6 Å². The lowest BCUT2D eigenvalue weighted by molar-refractivity contribution is -0.887. The molecule has 2 aromatic rings. The highest BCUT2D eigenvalue weighted by atomic mass is 127. The number of fused-ring (bicyclic) bond motifs is 1. The maximum absolute atomic E-state index is 11.5. The second-order valence-electron chi connectivity index (χ2n) is 5.77. The van der Waals surface area contributed by atoms with Gasteiger partial charge in [-0.2, -0.15) is 0 Å². The summed E-state index contributed by atoms with van der Waals surface area (Å²) in [7, 11) is 5.75. The topological polar surface area (TPSA) is 53.1 Å². The first-order valence-electron chi connectivity index (χ1n) is 6.19. The van der Waals surface area contributed by atoms with Gasteiger partial charge in [0.25, 0.3) is 0 Å². The summed E-state index contributed by atoms with van der Waals surface area (Å²) in [6.07, 6.45) is 2.46. The molecule has 1 heterocycles. The Morgan fingerprint density at radius 3 is 2.55 bits per heavy atom. The Kier molecular flexibility index (Phi) is 4.65. The first-order chi connectivity index (χ1) is 9.21. The molecule has 1 atom stereocenters. The van der Waals surface area contributed by atoms with Crippen molar-refractivity contribution in [3.8, 4) is 0 Å². The number of hydrogen-bond donors (Lipinski definition) is 2. The molecule has 0 spiro atoms. The average Bonchev–Trinajstić information content (AvgIpc) is 2.72. The number of benzene rings is 1. The minimum absolute atomic E-state index is 0.406. The fourth-order valence-electron chi connectivity index (χ4n) is 2.27. The van der Waals surface area contributed by atoms with E-state index in [1.54, 1.807) is 0 Å². The number of likely N-dealkylation sites (N-methyl/N-ethyl adjacent to an activating group) is 1. The summed E-state index contributed by atoms with van der Waals surface area (Å²) in [5.41, 5.74) is 2.16. The van der Waals surface area contributed by atoms with Gasteiger partial charge in [0.15, 0.2) is 6.04 Å². The Morgan fingerprint density at radius 1 is 1.35 bits per heavy atom. The number of carbonyl (C=O) groups is 1. The predicted molar refractivity (Wildman–Crippen MR) is 96.9 cm³/mol. The van der Waals surface area contributed by atoms with Crippen molar-refractivity contribution in [3.05, 3.63) is 31.0 Å². The standard InChI is InChI=1S/C14H16I2N2O2/c1-18(2,3)11(14(19)20)6-8-7-17-13-9(8)4-5-10(15)12(13)16/h4-5,7,11,17H,6H2,1-3H3/p+1. The summed E-state index contributed by atoms with van der Waals surface area (Å²) in [5, 5.41) is 10.6. The Labute approximate surface area is 145 Å². The molecule has 0 radical (unpaired) electrons.